The monoisotopic (exact) mass is 424 g/mol. The standard InChI is InChI=1S/C26H41N5/c1-18(12-15-31-17-30(6)24-22(31)23(27)28-16-29-24)10-13-25(4)20(3)11-14-26(5)19(2)8-7-9-21(25)26/h8,12,16,20-21H,7,9-11,13-15,17H2,1-6H3,(H2,27,28,29)/p+1. The molecule has 0 spiro atoms. The van der Waals surface area contributed by atoms with Crippen LogP contribution in [-0.4, -0.2) is 30.2 Å². The maximum atomic E-state index is 6.17. The molecule has 31 heavy (non-hydrogen) atoms. The summed E-state index contributed by atoms with van der Waals surface area (Å²) < 4.78 is 0. The summed E-state index contributed by atoms with van der Waals surface area (Å²) in [5.74, 6) is 3.21. The minimum atomic E-state index is 0.404. The maximum Gasteiger partial charge on any atom is 0.256 e. The Morgan fingerprint density at radius 2 is 2.10 bits per heavy atom. The normalized spacial score (nSPS) is 35.5. The Bertz CT molecular complexity index is 890. The first-order valence-corrected chi connectivity index (χ1v) is 12.2. The summed E-state index contributed by atoms with van der Waals surface area (Å²) >= 11 is 0. The number of rotatable bonds is 5. The van der Waals surface area contributed by atoms with E-state index in [0.29, 0.717) is 16.6 Å². The van der Waals surface area contributed by atoms with Crippen LogP contribution in [0.25, 0.3) is 0 Å². The lowest BCUT2D eigenvalue weighted by molar-refractivity contribution is -0.805. The van der Waals surface area contributed by atoms with Crippen molar-refractivity contribution in [2.24, 2.45) is 22.7 Å². The molecular formula is C26H42N5+. The summed E-state index contributed by atoms with van der Waals surface area (Å²) in [7, 11) is 2.14. The number of quaternary nitrogens is 1. The fourth-order valence-electron chi connectivity index (χ4n) is 6.78. The van der Waals surface area contributed by atoms with Gasteiger partial charge in [0.1, 0.15) is 6.33 Å². The van der Waals surface area contributed by atoms with Gasteiger partial charge in [0.15, 0.2) is 18.2 Å². The molecule has 1 aliphatic heterocycles. The van der Waals surface area contributed by atoms with Crippen molar-refractivity contribution in [3.05, 3.63) is 29.6 Å². The van der Waals surface area contributed by atoms with Crippen LogP contribution in [-0.2, 0) is 0 Å². The summed E-state index contributed by atoms with van der Waals surface area (Å²) in [6, 6.07) is 0. The molecule has 1 aromatic rings. The molecule has 3 N–H and O–H groups in total. The van der Waals surface area contributed by atoms with E-state index < -0.39 is 0 Å². The van der Waals surface area contributed by atoms with Crippen LogP contribution in [0.15, 0.2) is 29.6 Å². The molecule has 3 aliphatic rings. The molecule has 2 heterocycles. The average Bonchev–Trinajstić information content (AvgIpc) is 3.07. The third-order valence-corrected chi connectivity index (χ3v) is 9.31. The molecule has 170 valence electrons. The molecule has 1 fully saturated rings. The number of nitrogens with two attached hydrogens (primary N) is 1. The summed E-state index contributed by atoms with van der Waals surface area (Å²) in [6.45, 7) is 14.1. The molecule has 5 unspecified atom stereocenters. The fourth-order valence-corrected chi connectivity index (χ4v) is 6.78. The predicted octanol–water partition coefficient (Wildman–Crippen LogP) is 4.51. The van der Waals surface area contributed by atoms with Crippen LogP contribution < -0.4 is 15.5 Å². The number of nitrogens with zero attached hydrogens (tertiary/aromatic N) is 3. The van der Waals surface area contributed by atoms with Crippen molar-refractivity contribution in [1.82, 2.24) is 9.97 Å². The number of nitrogens with one attached hydrogen (secondary N) is 1. The van der Waals surface area contributed by atoms with Crippen molar-refractivity contribution in [2.45, 2.75) is 73.1 Å². The van der Waals surface area contributed by atoms with Crippen LogP contribution in [0.2, 0.25) is 0 Å². The van der Waals surface area contributed by atoms with Crippen LogP contribution in [0.3, 0.4) is 0 Å². The first-order chi connectivity index (χ1) is 14.7. The first-order valence-electron chi connectivity index (χ1n) is 12.2. The third-order valence-electron chi connectivity index (χ3n) is 9.31. The number of allylic oxidation sites excluding steroid dienone is 3. The Morgan fingerprint density at radius 3 is 2.87 bits per heavy atom. The highest BCUT2D eigenvalue weighted by molar-refractivity contribution is 5.73. The topological polar surface area (TPSA) is 59.5 Å². The number of anilines is 2. The molecule has 4 rings (SSSR count). The summed E-state index contributed by atoms with van der Waals surface area (Å²) in [4.78, 5) is 12.3. The van der Waals surface area contributed by atoms with Gasteiger partial charge in [0.2, 0.25) is 0 Å². The van der Waals surface area contributed by atoms with Gasteiger partial charge in [-0.05, 0) is 75.0 Å². The highest BCUT2D eigenvalue weighted by Crippen LogP contribution is 2.61. The van der Waals surface area contributed by atoms with Crippen molar-refractivity contribution < 1.29 is 4.90 Å². The quantitative estimate of drug-likeness (QED) is 0.683. The largest absolute Gasteiger partial charge is 0.382 e. The number of nitrogen functional groups attached to an aromatic ring is 1. The maximum absolute atomic E-state index is 6.17. The smallest absolute Gasteiger partial charge is 0.256 e. The van der Waals surface area contributed by atoms with Crippen molar-refractivity contribution in [1.29, 1.82) is 0 Å². The Hall–Kier alpha value is -1.88. The van der Waals surface area contributed by atoms with E-state index in [1.807, 2.05) is 0 Å². The summed E-state index contributed by atoms with van der Waals surface area (Å²) in [5.41, 5.74) is 11.1. The molecule has 2 aliphatic carbocycles. The average molecular weight is 425 g/mol. The van der Waals surface area contributed by atoms with Gasteiger partial charge in [-0.1, -0.05) is 44.1 Å². The van der Waals surface area contributed by atoms with Crippen molar-refractivity contribution in [3.63, 3.8) is 0 Å². The predicted molar refractivity (Wildman–Crippen MR) is 129 cm³/mol. The molecule has 0 bridgehead atoms. The van der Waals surface area contributed by atoms with Crippen LogP contribution in [0.1, 0.15) is 73.1 Å². The highest BCUT2D eigenvalue weighted by atomic mass is 15.4. The van der Waals surface area contributed by atoms with Gasteiger partial charge in [-0.2, -0.15) is 4.98 Å². The lowest BCUT2D eigenvalue weighted by Crippen LogP contribution is -3.03. The van der Waals surface area contributed by atoms with Crippen LogP contribution >= 0.6 is 0 Å². The Balaban J connectivity index is 1.44. The SMILES string of the molecule is CC(=CCN1C[NH+](C)c2ncnc(N)c21)CCC1(C)C(C)CCC2(C)C(C)=CCCC21. The van der Waals surface area contributed by atoms with E-state index >= 15 is 0 Å². The molecule has 5 heteroatoms. The van der Waals surface area contributed by atoms with Gasteiger partial charge in [0, 0.05) is 6.54 Å². The lowest BCUT2D eigenvalue weighted by atomic mass is 9.47. The molecule has 0 aromatic carbocycles. The summed E-state index contributed by atoms with van der Waals surface area (Å²) in [5, 5.41) is 0. The van der Waals surface area contributed by atoms with E-state index in [9.17, 15) is 0 Å². The van der Waals surface area contributed by atoms with E-state index in [2.05, 4.69) is 68.7 Å². The number of aromatic nitrogens is 2. The van der Waals surface area contributed by atoms with Crippen LogP contribution in [0, 0.1) is 22.7 Å². The lowest BCUT2D eigenvalue weighted by Gasteiger charge is -2.58. The molecule has 0 amide bonds. The zero-order valence-corrected chi connectivity index (χ0v) is 20.5. The highest BCUT2D eigenvalue weighted by Gasteiger charge is 2.52. The van der Waals surface area contributed by atoms with Gasteiger partial charge in [0.25, 0.3) is 5.82 Å². The van der Waals surface area contributed by atoms with Crippen molar-refractivity contribution >= 4 is 17.3 Å². The van der Waals surface area contributed by atoms with E-state index in [0.717, 1.165) is 36.6 Å². The van der Waals surface area contributed by atoms with Gasteiger partial charge in [-0.25, -0.2) is 4.98 Å². The van der Waals surface area contributed by atoms with E-state index in [1.165, 1.54) is 49.0 Å². The molecule has 1 saturated carbocycles. The minimum absolute atomic E-state index is 0.404. The van der Waals surface area contributed by atoms with E-state index in [1.54, 1.807) is 11.9 Å². The van der Waals surface area contributed by atoms with Crippen LogP contribution in [0.5, 0.6) is 0 Å². The van der Waals surface area contributed by atoms with Gasteiger partial charge < -0.3 is 10.6 Å². The summed E-state index contributed by atoms with van der Waals surface area (Å²) in [6.07, 6.45) is 14.3. The second-order valence-electron chi connectivity index (χ2n) is 11.0. The Kier molecular flexibility index (Phi) is 5.93. The second-order valence-corrected chi connectivity index (χ2v) is 11.0. The van der Waals surface area contributed by atoms with E-state index in [4.69, 9.17) is 5.73 Å². The minimum Gasteiger partial charge on any atom is -0.382 e. The van der Waals surface area contributed by atoms with Gasteiger partial charge in [0.05, 0.1) is 7.05 Å². The number of fused-ring (bicyclic) bond motifs is 2. The molecule has 1 aromatic heterocycles. The Labute approximate surface area is 188 Å². The van der Waals surface area contributed by atoms with Crippen molar-refractivity contribution in [3.8, 4) is 0 Å². The number of hydrogen-bond acceptors (Lipinski definition) is 4. The van der Waals surface area contributed by atoms with Gasteiger partial charge in [-0.15, -0.1) is 0 Å². The molecule has 5 nitrogen and oxygen atoms in total. The molecular weight excluding hydrogens is 382 g/mol. The third kappa shape index (κ3) is 3.79. The molecule has 5 atom stereocenters. The van der Waals surface area contributed by atoms with Crippen LogP contribution in [0.4, 0.5) is 17.3 Å². The Morgan fingerprint density at radius 1 is 1.32 bits per heavy atom. The zero-order chi connectivity index (χ0) is 22.4. The zero-order valence-electron chi connectivity index (χ0n) is 20.5. The number of hydrogen-bond donors (Lipinski definition) is 2. The van der Waals surface area contributed by atoms with E-state index in [-0.39, 0.29) is 0 Å². The van der Waals surface area contributed by atoms with Gasteiger partial charge >= 0.3 is 0 Å². The fraction of sp³-hybridized carbons (Fsp3) is 0.692. The molecule has 0 saturated heterocycles. The van der Waals surface area contributed by atoms with Crippen molar-refractivity contribution in [2.75, 3.05) is 30.9 Å². The van der Waals surface area contributed by atoms with Gasteiger partial charge in [-0.3, -0.25) is 4.90 Å². The molecule has 0 radical (unpaired) electrons. The first kappa shape index (κ1) is 22.3. The second kappa shape index (κ2) is 8.23.